The van der Waals surface area contributed by atoms with Crippen LogP contribution in [0.25, 0.3) is 6.08 Å². The summed E-state index contributed by atoms with van der Waals surface area (Å²) in [4.78, 5) is 38.1. The standard InChI is InChI=1S/C25H26BrNO6S/c1-5-31-20-11-18(10-19(26)23(20)32-14-17-8-6-7-16(4)9-17)12-21-24(29)27(25(30)34-21)13-22(28)33-15(2)3/h6-12,15H,5,13-14H2,1-4H3/b21-12+. The first kappa shape index (κ1) is 25.8. The number of esters is 1. The van der Waals surface area contributed by atoms with E-state index in [-0.39, 0.29) is 11.0 Å². The summed E-state index contributed by atoms with van der Waals surface area (Å²) >= 11 is 4.31. The van der Waals surface area contributed by atoms with Crippen LogP contribution >= 0.6 is 27.7 Å². The largest absolute Gasteiger partial charge is 0.490 e. The van der Waals surface area contributed by atoms with Gasteiger partial charge in [0.2, 0.25) is 0 Å². The Kier molecular flexibility index (Phi) is 8.79. The van der Waals surface area contributed by atoms with Crippen LogP contribution in [0, 0.1) is 6.92 Å². The maximum atomic E-state index is 12.7. The van der Waals surface area contributed by atoms with Crippen molar-refractivity contribution in [1.82, 2.24) is 4.90 Å². The van der Waals surface area contributed by atoms with Crippen molar-refractivity contribution in [2.45, 2.75) is 40.4 Å². The predicted molar refractivity (Wildman–Crippen MR) is 135 cm³/mol. The molecule has 0 saturated carbocycles. The molecule has 1 saturated heterocycles. The van der Waals surface area contributed by atoms with E-state index in [9.17, 15) is 14.4 Å². The summed E-state index contributed by atoms with van der Waals surface area (Å²) in [5.74, 6) is -0.111. The summed E-state index contributed by atoms with van der Waals surface area (Å²) < 4.78 is 17.5. The monoisotopic (exact) mass is 547 g/mol. The number of hydrogen-bond acceptors (Lipinski definition) is 7. The van der Waals surface area contributed by atoms with E-state index < -0.39 is 23.7 Å². The molecule has 180 valence electrons. The van der Waals surface area contributed by atoms with Crippen molar-refractivity contribution in [3.8, 4) is 11.5 Å². The highest BCUT2D eigenvalue weighted by Crippen LogP contribution is 2.39. The minimum atomic E-state index is -0.630. The first-order chi connectivity index (χ1) is 16.2. The number of nitrogens with zero attached hydrogens (tertiary/aromatic N) is 1. The molecule has 3 rings (SSSR count). The molecule has 1 aliphatic heterocycles. The molecule has 0 bridgehead atoms. The van der Waals surface area contributed by atoms with Crippen LogP contribution in [-0.2, 0) is 20.9 Å². The summed E-state index contributed by atoms with van der Waals surface area (Å²) in [6, 6.07) is 11.6. The van der Waals surface area contributed by atoms with Gasteiger partial charge in [0.05, 0.1) is 22.1 Å². The Labute approximate surface area is 211 Å². The molecule has 0 unspecified atom stereocenters. The Morgan fingerprint density at radius 1 is 1.18 bits per heavy atom. The quantitative estimate of drug-likeness (QED) is 0.293. The van der Waals surface area contributed by atoms with Gasteiger partial charge in [-0.05, 0) is 84.7 Å². The smallest absolute Gasteiger partial charge is 0.326 e. The van der Waals surface area contributed by atoms with Crippen molar-refractivity contribution in [3.05, 3.63) is 62.5 Å². The van der Waals surface area contributed by atoms with Crippen LogP contribution in [0.3, 0.4) is 0 Å². The molecule has 0 N–H and O–H groups in total. The lowest BCUT2D eigenvalue weighted by Gasteiger charge is -2.15. The highest BCUT2D eigenvalue weighted by molar-refractivity contribution is 9.10. The summed E-state index contributed by atoms with van der Waals surface area (Å²) in [5.41, 5.74) is 2.82. The van der Waals surface area contributed by atoms with Crippen LogP contribution in [0.2, 0.25) is 0 Å². The predicted octanol–water partition coefficient (Wildman–Crippen LogP) is 5.72. The number of carbonyl (C=O) groups is 3. The first-order valence-corrected chi connectivity index (χ1v) is 12.4. The van der Waals surface area contributed by atoms with Gasteiger partial charge in [0.15, 0.2) is 11.5 Å². The molecule has 2 amide bonds. The number of hydrogen-bond donors (Lipinski definition) is 0. The van der Waals surface area contributed by atoms with Gasteiger partial charge in [-0.15, -0.1) is 0 Å². The van der Waals surface area contributed by atoms with Crippen molar-refractivity contribution in [2.24, 2.45) is 0 Å². The number of rotatable bonds is 9. The minimum Gasteiger partial charge on any atom is -0.490 e. The van der Waals surface area contributed by atoms with Crippen molar-refractivity contribution in [2.75, 3.05) is 13.2 Å². The molecule has 1 heterocycles. The Bertz CT molecular complexity index is 1130. The fraction of sp³-hybridized carbons (Fsp3) is 0.320. The van der Waals surface area contributed by atoms with Crippen LogP contribution in [0.1, 0.15) is 37.5 Å². The van der Waals surface area contributed by atoms with Gasteiger partial charge in [-0.25, -0.2) is 0 Å². The molecule has 9 heteroatoms. The second-order valence-corrected chi connectivity index (χ2v) is 9.69. The lowest BCUT2D eigenvalue weighted by molar-refractivity contribution is -0.149. The highest BCUT2D eigenvalue weighted by Gasteiger charge is 2.36. The van der Waals surface area contributed by atoms with Gasteiger partial charge in [0, 0.05) is 0 Å². The number of imide groups is 1. The van der Waals surface area contributed by atoms with E-state index in [2.05, 4.69) is 22.0 Å². The van der Waals surface area contributed by atoms with Gasteiger partial charge in [-0.2, -0.15) is 0 Å². The molecule has 0 spiro atoms. The molecule has 2 aromatic rings. The minimum absolute atomic E-state index is 0.213. The number of carbonyl (C=O) groups excluding carboxylic acids is 3. The molecule has 1 aliphatic rings. The van der Waals surface area contributed by atoms with E-state index in [0.717, 1.165) is 27.8 Å². The summed E-state index contributed by atoms with van der Waals surface area (Å²) in [6.07, 6.45) is 1.26. The molecule has 0 atom stereocenters. The Balaban J connectivity index is 1.81. The summed E-state index contributed by atoms with van der Waals surface area (Å²) in [7, 11) is 0. The molecule has 0 aromatic heterocycles. The highest BCUT2D eigenvalue weighted by atomic mass is 79.9. The van der Waals surface area contributed by atoms with E-state index in [1.807, 2.05) is 32.0 Å². The average Bonchev–Trinajstić information content (AvgIpc) is 3.00. The maximum Gasteiger partial charge on any atom is 0.326 e. The van der Waals surface area contributed by atoms with Gasteiger partial charge < -0.3 is 14.2 Å². The second kappa shape index (κ2) is 11.6. The maximum absolute atomic E-state index is 12.7. The van der Waals surface area contributed by atoms with Crippen molar-refractivity contribution in [3.63, 3.8) is 0 Å². The van der Waals surface area contributed by atoms with E-state index in [0.29, 0.717) is 34.7 Å². The Morgan fingerprint density at radius 2 is 1.94 bits per heavy atom. The topological polar surface area (TPSA) is 82.1 Å². The third-order valence-corrected chi connectivity index (χ3v) is 6.12. The Hall–Kier alpha value is -2.78. The molecule has 7 nitrogen and oxygen atoms in total. The average molecular weight is 548 g/mol. The van der Waals surface area contributed by atoms with E-state index in [1.54, 1.807) is 32.1 Å². The molecule has 0 aliphatic carbocycles. The van der Waals surface area contributed by atoms with Gasteiger partial charge in [0.1, 0.15) is 13.2 Å². The summed E-state index contributed by atoms with van der Waals surface area (Å²) in [5, 5.41) is -0.515. The number of thioether (sulfide) groups is 1. The van der Waals surface area contributed by atoms with Crippen molar-refractivity contribution < 1.29 is 28.6 Å². The number of halogens is 1. The van der Waals surface area contributed by atoms with Crippen LogP contribution in [0.4, 0.5) is 4.79 Å². The third kappa shape index (κ3) is 6.64. The van der Waals surface area contributed by atoms with Crippen molar-refractivity contribution >= 4 is 50.9 Å². The fourth-order valence-electron chi connectivity index (χ4n) is 3.25. The molecule has 0 radical (unpaired) electrons. The van der Waals surface area contributed by atoms with Crippen LogP contribution in [0.15, 0.2) is 45.8 Å². The van der Waals surface area contributed by atoms with Gasteiger partial charge in [-0.3, -0.25) is 19.3 Å². The van der Waals surface area contributed by atoms with Crippen molar-refractivity contribution in [1.29, 1.82) is 0 Å². The fourth-order valence-corrected chi connectivity index (χ4v) is 4.66. The van der Waals surface area contributed by atoms with Gasteiger partial charge in [-0.1, -0.05) is 29.8 Å². The van der Waals surface area contributed by atoms with E-state index in [1.165, 1.54) is 0 Å². The summed E-state index contributed by atoms with van der Waals surface area (Å²) in [6.45, 7) is 7.67. The van der Waals surface area contributed by atoms with Gasteiger partial charge >= 0.3 is 5.97 Å². The number of amides is 2. The molecule has 2 aromatic carbocycles. The molecular weight excluding hydrogens is 522 g/mol. The number of benzene rings is 2. The molecular formula is C25H26BrNO6S. The van der Waals surface area contributed by atoms with Crippen LogP contribution in [-0.4, -0.2) is 41.3 Å². The number of aryl methyl sites for hydroxylation is 1. The van der Waals surface area contributed by atoms with Crippen LogP contribution < -0.4 is 9.47 Å². The van der Waals surface area contributed by atoms with Crippen LogP contribution in [0.5, 0.6) is 11.5 Å². The Morgan fingerprint density at radius 3 is 2.62 bits per heavy atom. The second-order valence-electron chi connectivity index (χ2n) is 7.85. The lowest BCUT2D eigenvalue weighted by Crippen LogP contribution is -2.35. The van der Waals surface area contributed by atoms with Gasteiger partial charge in [0.25, 0.3) is 11.1 Å². The zero-order valence-electron chi connectivity index (χ0n) is 19.4. The van der Waals surface area contributed by atoms with E-state index >= 15 is 0 Å². The number of ether oxygens (including phenoxy) is 3. The zero-order valence-corrected chi connectivity index (χ0v) is 21.8. The lowest BCUT2D eigenvalue weighted by atomic mass is 10.1. The normalized spacial score (nSPS) is 14.8. The molecule has 1 fully saturated rings. The zero-order chi connectivity index (χ0) is 24.8. The first-order valence-electron chi connectivity index (χ1n) is 10.8. The van der Waals surface area contributed by atoms with E-state index in [4.69, 9.17) is 14.2 Å². The third-order valence-electron chi connectivity index (χ3n) is 4.62. The molecule has 34 heavy (non-hydrogen) atoms. The SMILES string of the molecule is CCOc1cc(/C=C2/SC(=O)N(CC(=O)OC(C)C)C2=O)cc(Br)c1OCc1cccc(C)c1.